The molecule has 2 heterocycles. The molecule has 1 saturated heterocycles. The maximum atomic E-state index is 11.1. The zero-order valence-electron chi connectivity index (χ0n) is 10.5. The van der Waals surface area contributed by atoms with Gasteiger partial charge in [-0.3, -0.25) is 4.79 Å². The molecule has 98 valence electrons. The molecule has 1 aromatic heterocycles. The normalized spacial score (nSPS) is 23.2. The summed E-state index contributed by atoms with van der Waals surface area (Å²) < 4.78 is 0. The van der Waals surface area contributed by atoms with Gasteiger partial charge in [0, 0.05) is 33.4 Å². The van der Waals surface area contributed by atoms with Crippen LogP contribution in [-0.4, -0.2) is 53.8 Å². The van der Waals surface area contributed by atoms with Crippen LogP contribution in [0.15, 0.2) is 12.3 Å². The third-order valence-corrected chi connectivity index (χ3v) is 3.08. The lowest BCUT2D eigenvalue weighted by Gasteiger charge is -2.21. The van der Waals surface area contributed by atoms with Gasteiger partial charge in [0.15, 0.2) is 0 Å². The van der Waals surface area contributed by atoms with E-state index in [2.05, 4.69) is 9.97 Å². The van der Waals surface area contributed by atoms with Crippen molar-refractivity contribution in [3.63, 3.8) is 0 Å². The Labute approximate surface area is 105 Å². The Morgan fingerprint density at radius 2 is 2.33 bits per heavy atom. The minimum absolute atomic E-state index is 0.270. The Morgan fingerprint density at radius 3 is 2.89 bits per heavy atom. The maximum Gasteiger partial charge on any atom is 0.325 e. The molecule has 1 fully saturated rings. The van der Waals surface area contributed by atoms with E-state index >= 15 is 0 Å². The van der Waals surface area contributed by atoms with Crippen molar-refractivity contribution in [1.82, 2.24) is 9.97 Å². The second kappa shape index (κ2) is 4.41. The Bertz CT molecular complexity index is 465. The molecule has 1 atom stereocenters. The number of anilines is 2. The molecule has 3 N–H and O–H groups in total. The lowest BCUT2D eigenvalue weighted by Crippen LogP contribution is -2.50. The summed E-state index contributed by atoms with van der Waals surface area (Å²) in [6.07, 6.45) is 2.08. The van der Waals surface area contributed by atoms with Crippen molar-refractivity contribution in [1.29, 1.82) is 0 Å². The number of hydrogen-bond acceptors (Lipinski definition) is 6. The van der Waals surface area contributed by atoms with Crippen LogP contribution in [0.1, 0.15) is 6.42 Å². The fourth-order valence-electron chi connectivity index (χ4n) is 1.93. The van der Waals surface area contributed by atoms with Crippen LogP contribution in [0.25, 0.3) is 0 Å². The average molecular weight is 251 g/mol. The summed E-state index contributed by atoms with van der Waals surface area (Å²) in [5.74, 6) is 0.339. The second-order valence-corrected chi connectivity index (χ2v) is 4.74. The SMILES string of the molecule is CN(C)c1nccc(N2CCC(N)(C(=O)O)C2)n1. The van der Waals surface area contributed by atoms with Crippen molar-refractivity contribution >= 4 is 17.7 Å². The molecule has 0 aromatic carbocycles. The van der Waals surface area contributed by atoms with Gasteiger partial charge in [-0.1, -0.05) is 0 Å². The molecular weight excluding hydrogens is 234 g/mol. The van der Waals surface area contributed by atoms with Crippen LogP contribution in [0, 0.1) is 0 Å². The maximum absolute atomic E-state index is 11.1. The van der Waals surface area contributed by atoms with Crippen LogP contribution in [-0.2, 0) is 4.79 Å². The summed E-state index contributed by atoms with van der Waals surface area (Å²) in [6.45, 7) is 0.860. The standard InChI is InChI=1S/C11H17N5O2/c1-15(2)10-13-5-3-8(14-10)16-6-4-11(12,7-16)9(17)18/h3,5H,4,6-7,12H2,1-2H3,(H,17,18). The highest BCUT2D eigenvalue weighted by Gasteiger charge is 2.41. The number of carbonyl (C=O) groups is 1. The summed E-state index contributed by atoms with van der Waals surface area (Å²) in [7, 11) is 3.71. The highest BCUT2D eigenvalue weighted by molar-refractivity contribution is 5.80. The quantitative estimate of drug-likeness (QED) is 0.750. The monoisotopic (exact) mass is 251 g/mol. The number of carboxylic acids is 1. The molecule has 7 heteroatoms. The topological polar surface area (TPSA) is 95.6 Å². The average Bonchev–Trinajstić information content (AvgIpc) is 2.73. The smallest absolute Gasteiger partial charge is 0.325 e. The van der Waals surface area contributed by atoms with E-state index in [1.807, 2.05) is 19.0 Å². The van der Waals surface area contributed by atoms with Crippen LogP contribution in [0.3, 0.4) is 0 Å². The van der Waals surface area contributed by atoms with Gasteiger partial charge in [-0.15, -0.1) is 0 Å². The van der Waals surface area contributed by atoms with Crippen molar-refractivity contribution in [3.8, 4) is 0 Å². The highest BCUT2D eigenvalue weighted by Crippen LogP contribution is 2.24. The molecule has 1 unspecified atom stereocenters. The molecule has 1 aliphatic heterocycles. The van der Waals surface area contributed by atoms with Crippen molar-refractivity contribution in [3.05, 3.63) is 12.3 Å². The first-order chi connectivity index (χ1) is 8.42. The van der Waals surface area contributed by atoms with Crippen LogP contribution in [0.2, 0.25) is 0 Å². The van der Waals surface area contributed by atoms with Gasteiger partial charge in [0.2, 0.25) is 5.95 Å². The molecular formula is C11H17N5O2. The first-order valence-electron chi connectivity index (χ1n) is 5.70. The van der Waals surface area contributed by atoms with Crippen LogP contribution in [0.4, 0.5) is 11.8 Å². The summed E-state index contributed by atoms with van der Waals surface area (Å²) >= 11 is 0. The molecule has 0 radical (unpaired) electrons. The van der Waals surface area contributed by atoms with Crippen molar-refractivity contribution in [2.75, 3.05) is 37.0 Å². The van der Waals surface area contributed by atoms with E-state index in [4.69, 9.17) is 10.8 Å². The molecule has 7 nitrogen and oxygen atoms in total. The molecule has 18 heavy (non-hydrogen) atoms. The van der Waals surface area contributed by atoms with Crippen LogP contribution in [0.5, 0.6) is 0 Å². The van der Waals surface area contributed by atoms with Gasteiger partial charge in [0.05, 0.1) is 0 Å². The number of aromatic nitrogens is 2. The second-order valence-electron chi connectivity index (χ2n) is 4.74. The van der Waals surface area contributed by atoms with E-state index < -0.39 is 11.5 Å². The first-order valence-corrected chi connectivity index (χ1v) is 5.70. The zero-order valence-corrected chi connectivity index (χ0v) is 10.5. The molecule has 0 bridgehead atoms. The van der Waals surface area contributed by atoms with Gasteiger partial charge in [0.25, 0.3) is 0 Å². The number of nitrogens with two attached hydrogens (primary N) is 1. The first kappa shape index (κ1) is 12.6. The summed E-state index contributed by atoms with van der Waals surface area (Å²) in [5.41, 5.74) is 4.66. The molecule has 0 aliphatic carbocycles. The fraction of sp³-hybridized carbons (Fsp3) is 0.545. The predicted molar refractivity (Wildman–Crippen MR) is 67.7 cm³/mol. The van der Waals surface area contributed by atoms with Gasteiger partial charge in [-0.2, -0.15) is 4.98 Å². The van der Waals surface area contributed by atoms with Crippen LogP contribution < -0.4 is 15.5 Å². The van der Waals surface area contributed by atoms with Crippen molar-refractivity contribution in [2.24, 2.45) is 5.73 Å². The van der Waals surface area contributed by atoms with Gasteiger partial charge >= 0.3 is 5.97 Å². The Kier molecular flexibility index (Phi) is 3.08. The van der Waals surface area contributed by atoms with E-state index in [0.29, 0.717) is 24.7 Å². The lowest BCUT2D eigenvalue weighted by molar-refractivity contribution is -0.142. The summed E-state index contributed by atoms with van der Waals surface area (Å²) in [4.78, 5) is 23.3. The predicted octanol–water partition coefficient (Wildman–Crippen LogP) is -0.465. The zero-order chi connectivity index (χ0) is 13.3. The van der Waals surface area contributed by atoms with Gasteiger partial charge in [-0.05, 0) is 12.5 Å². The van der Waals surface area contributed by atoms with Gasteiger partial charge in [0.1, 0.15) is 11.4 Å². The molecule has 0 spiro atoms. The number of carboxylic acid groups (broad SMARTS) is 1. The van der Waals surface area contributed by atoms with Gasteiger partial charge in [-0.25, -0.2) is 4.98 Å². The third kappa shape index (κ3) is 2.21. The number of nitrogens with zero attached hydrogens (tertiary/aromatic N) is 4. The summed E-state index contributed by atoms with van der Waals surface area (Å²) in [6, 6.07) is 1.76. The molecule has 1 aliphatic rings. The van der Waals surface area contributed by atoms with E-state index in [1.54, 1.807) is 17.2 Å². The number of hydrogen-bond donors (Lipinski definition) is 2. The van der Waals surface area contributed by atoms with E-state index in [9.17, 15) is 4.79 Å². The Hall–Kier alpha value is -1.89. The van der Waals surface area contributed by atoms with Crippen molar-refractivity contribution in [2.45, 2.75) is 12.0 Å². The molecule has 0 amide bonds. The lowest BCUT2D eigenvalue weighted by atomic mass is 10.0. The Morgan fingerprint density at radius 1 is 1.61 bits per heavy atom. The molecule has 2 rings (SSSR count). The van der Waals surface area contributed by atoms with E-state index in [-0.39, 0.29) is 6.54 Å². The Balaban J connectivity index is 2.19. The van der Waals surface area contributed by atoms with Crippen LogP contribution >= 0.6 is 0 Å². The number of rotatable bonds is 3. The fourth-order valence-corrected chi connectivity index (χ4v) is 1.93. The largest absolute Gasteiger partial charge is 0.480 e. The summed E-state index contributed by atoms with van der Waals surface area (Å²) in [5, 5.41) is 9.09. The molecule has 0 saturated carbocycles. The molecule has 1 aromatic rings. The van der Waals surface area contributed by atoms with Gasteiger partial charge < -0.3 is 20.6 Å². The number of aliphatic carboxylic acids is 1. The van der Waals surface area contributed by atoms with Crippen molar-refractivity contribution < 1.29 is 9.90 Å². The van der Waals surface area contributed by atoms with E-state index in [1.165, 1.54) is 0 Å². The minimum Gasteiger partial charge on any atom is -0.480 e. The third-order valence-electron chi connectivity index (χ3n) is 3.08. The highest BCUT2D eigenvalue weighted by atomic mass is 16.4. The van der Waals surface area contributed by atoms with E-state index in [0.717, 1.165) is 0 Å². The minimum atomic E-state index is -1.18.